The van der Waals surface area contributed by atoms with Crippen molar-refractivity contribution in [2.45, 2.75) is 39.5 Å². The van der Waals surface area contributed by atoms with Gasteiger partial charge < -0.3 is 10.6 Å². The molecule has 1 fully saturated rings. The number of nitrogens with zero attached hydrogens (tertiary/aromatic N) is 1. The van der Waals surface area contributed by atoms with Crippen LogP contribution < -0.4 is 10.6 Å². The van der Waals surface area contributed by atoms with E-state index in [0.29, 0.717) is 0 Å². The molecule has 2 aromatic rings. The zero-order valence-corrected chi connectivity index (χ0v) is 13.7. The third-order valence-corrected chi connectivity index (χ3v) is 4.99. The second-order valence-corrected chi connectivity index (χ2v) is 6.45. The molecule has 0 saturated carbocycles. The second-order valence-electron chi connectivity index (χ2n) is 6.45. The van der Waals surface area contributed by atoms with E-state index in [1.807, 2.05) is 6.07 Å². The summed E-state index contributed by atoms with van der Waals surface area (Å²) in [5, 5.41) is 0. The third-order valence-electron chi connectivity index (χ3n) is 4.99. The summed E-state index contributed by atoms with van der Waals surface area (Å²) < 4.78 is 0. The first-order valence-electron chi connectivity index (χ1n) is 8.33. The van der Waals surface area contributed by atoms with E-state index in [0.717, 1.165) is 12.1 Å². The van der Waals surface area contributed by atoms with Crippen molar-refractivity contribution in [1.82, 2.24) is 0 Å². The van der Waals surface area contributed by atoms with Crippen LogP contribution in [0.3, 0.4) is 0 Å². The number of rotatable bonds is 3. The van der Waals surface area contributed by atoms with Gasteiger partial charge in [-0.2, -0.15) is 0 Å². The molecular formula is C20H26N2. The van der Waals surface area contributed by atoms with Crippen molar-refractivity contribution >= 4 is 11.4 Å². The molecule has 1 saturated heterocycles. The van der Waals surface area contributed by atoms with Crippen molar-refractivity contribution < 1.29 is 0 Å². The van der Waals surface area contributed by atoms with Gasteiger partial charge in [0.25, 0.3) is 0 Å². The molecule has 0 atom stereocenters. The van der Waals surface area contributed by atoms with Gasteiger partial charge in [0.1, 0.15) is 0 Å². The molecule has 0 amide bonds. The van der Waals surface area contributed by atoms with Gasteiger partial charge in [-0.3, -0.25) is 0 Å². The lowest BCUT2D eigenvalue weighted by Crippen LogP contribution is -2.29. The minimum absolute atomic E-state index is 0.890. The fraction of sp³-hybridized carbons (Fsp3) is 0.400. The summed E-state index contributed by atoms with van der Waals surface area (Å²) in [6.07, 6.45) is 5.01. The number of hydrogen-bond donors (Lipinski definition) is 1. The van der Waals surface area contributed by atoms with Gasteiger partial charge in [-0.15, -0.1) is 0 Å². The maximum atomic E-state index is 5.98. The zero-order chi connectivity index (χ0) is 15.5. The molecule has 0 unspecified atom stereocenters. The van der Waals surface area contributed by atoms with E-state index in [2.05, 4.69) is 49.1 Å². The predicted molar refractivity (Wildman–Crippen MR) is 95.6 cm³/mol. The summed E-state index contributed by atoms with van der Waals surface area (Å²) in [5.74, 6) is 0. The fourth-order valence-electron chi connectivity index (χ4n) is 3.29. The van der Waals surface area contributed by atoms with Gasteiger partial charge in [-0.1, -0.05) is 18.2 Å². The molecule has 22 heavy (non-hydrogen) atoms. The second kappa shape index (κ2) is 6.43. The van der Waals surface area contributed by atoms with Crippen molar-refractivity contribution in [2.24, 2.45) is 0 Å². The largest absolute Gasteiger partial charge is 0.399 e. The summed E-state index contributed by atoms with van der Waals surface area (Å²) in [5.41, 5.74) is 13.5. The Morgan fingerprint density at radius 1 is 0.864 bits per heavy atom. The van der Waals surface area contributed by atoms with Gasteiger partial charge in [0, 0.05) is 24.5 Å². The summed E-state index contributed by atoms with van der Waals surface area (Å²) in [7, 11) is 0. The average Bonchev–Trinajstić information content (AvgIpc) is 2.57. The maximum absolute atomic E-state index is 5.98. The number of benzene rings is 2. The van der Waals surface area contributed by atoms with Crippen LogP contribution in [0.5, 0.6) is 0 Å². The lowest BCUT2D eigenvalue weighted by atomic mass is 9.96. The molecule has 0 aliphatic carbocycles. The highest BCUT2D eigenvalue weighted by Crippen LogP contribution is 2.24. The van der Waals surface area contributed by atoms with Gasteiger partial charge in [0.2, 0.25) is 0 Å². The normalized spacial score (nSPS) is 15.1. The van der Waals surface area contributed by atoms with Crippen LogP contribution in [0.25, 0.3) is 0 Å². The Bertz CT molecular complexity index is 638. The fourth-order valence-corrected chi connectivity index (χ4v) is 3.29. The van der Waals surface area contributed by atoms with E-state index in [1.54, 1.807) is 0 Å². The Morgan fingerprint density at radius 3 is 2.23 bits per heavy atom. The topological polar surface area (TPSA) is 29.3 Å². The summed E-state index contributed by atoms with van der Waals surface area (Å²) in [6.45, 7) is 6.68. The monoisotopic (exact) mass is 294 g/mol. The molecule has 0 spiro atoms. The lowest BCUT2D eigenvalue weighted by molar-refractivity contribution is 0.578. The number of piperidine rings is 1. The van der Waals surface area contributed by atoms with Gasteiger partial charge >= 0.3 is 0 Å². The molecule has 0 radical (unpaired) electrons. The van der Waals surface area contributed by atoms with Crippen LogP contribution >= 0.6 is 0 Å². The average molecular weight is 294 g/mol. The van der Waals surface area contributed by atoms with Crippen LogP contribution in [0.2, 0.25) is 0 Å². The standard InChI is InChI=1S/C20H26N2/c1-15-16(2)20(21)11-8-18(15)14-17-6-9-19(10-7-17)22-12-4-3-5-13-22/h6-11H,3-5,12-14,21H2,1-2H3. The predicted octanol–water partition coefficient (Wildman–Crippen LogP) is 4.47. The molecule has 1 heterocycles. The van der Waals surface area contributed by atoms with Crippen LogP contribution in [0, 0.1) is 13.8 Å². The molecule has 2 aromatic carbocycles. The van der Waals surface area contributed by atoms with Crippen LogP contribution in [0.4, 0.5) is 11.4 Å². The minimum atomic E-state index is 0.890. The molecule has 0 bridgehead atoms. The van der Waals surface area contributed by atoms with Crippen molar-refractivity contribution in [2.75, 3.05) is 23.7 Å². The minimum Gasteiger partial charge on any atom is -0.399 e. The number of anilines is 2. The Kier molecular flexibility index (Phi) is 4.37. The van der Waals surface area contributed by atoms with Gasteiger partial charge in [-0.25, -0.2) is 0 Å². The van der Waals surface area contributed by atoms with Crippen molar-refractivity contribution in [3.8, 4) is 0 Å². The Morgan fingerprint density at radius 2 is 1.55 bits per heavy atom. The van der Waals surface area contributed by atoms with E-state index >= 15 is 0 Å². The first kappa shape index (κ1) is 15.0. The van der Waals surface area contributed by atoms with Crippen LogP contribution in [-0.2, 0) is 6.42 Å². The van der Waals surface area contributed by atoms with E-state index in [1.165, 1.54) is 60.3 Å². The third kappa shape index (κ3) is 3.11. The molecule has 1 aliphatic rings. The molecule has 1 aliphatic heterocycles. The molecule has 2 heteroatoms. The van der Waals surface area contributed by atoms with Crippen LogP contribution in [0.1, 0.15) is 41.5 Å². The Labute approximate surface area is 134 Å². The number of nitrogens with two attached hydrogens (primary N) is 1. The molecule has 3 rings (SSSR count). The number of nitrogen functional groups attached to an aromatic ring is 1. The van der Waals surface area contributed by atoms with E-state index in [4.69, 9.17) is 5.73 Å². The molecular weight excluding hydrogens is 268 g/mol. The van der Waals surface area contributed by atoms with E-state index < -0.39 is 0 Å². The zero-order valence-electron chi connectivity index (χ0n) is 13.7. The molecule has 2 N–H and O–H groups in total. The summed E-state index contributed by atoms with van der Waals surface area (Å²) in [6, 6.07) is 13.3. The summed E-state index contributed by atoms with van der Waals surface area (Å²) >= 11 is 0. The smallest absolute Gasteiger partial charge is 0.0366 e. The Balaban J connectivity index is 1.75. The van der Waals surface area contributed by atoms with Crippen molar-refractivity contribution in [1.29, 1.82) is 0 Å². The van der Waals surface area contributed by atoms with E-state index in [-0.39, 0.29) is 0 Å². The highest BCUT2D eigenvalue weighted by Gasteiger charge is 2.11. The van der Waals surface area contributed by atoms with Gasteiger partial charge in [0.15, 0.2) is 0 Å². The first-order chi connectivity index (χ1) is 10.6. The lowest BCUT2D eigenvalue weighted by Gasteiger charge is -2.28. The van der Waals surface area contributed by atoms with Gasteiger partial charge in [0.05, 0.1) is 0 Å². The van der Waals surface area contributed by atoms with Crippen LogP contribution in [-0.4, -0.2) is 13.1 Å². The molecule has 0 aromatic heterocycles. The Hall–Kier alpha value is -1.96. The van der Waals surface area contributed by atoms with E-state index in [9.17, 15) is 0 Å². The summed E-state index contributed by atoms with van der Waals surface area (Å²) in [4.78, 5) is 2.51. The highest BCUT2D eigenvalue weighted by molar-refractivity contribution is 5.54. The first-order valence-corrected chi connectivity index (χ1v) is 8.33. The SMILES string of the molecule is Cc1c(N)ccc(Cc2ccc(N3CCCCC3)cc2)c1C. The van der Waals surface area contributed by atoms with Crippen molar-refractivity contribution in [3.05, 3.63) is 58.7 Å². The van der Waals surface area contributed by atoms with Gasteiger partial charge in [-0.05, 0) is 80.0 Å². The quantitative estimate of drug-likeness (QED) is 0.846. The molecule has 2 nitrogen and oxygen atoms in total. The highest BCUT2D eigenvalue weighted by atomic mass is 15.1. The van der Waals surface area contributed by atoms with Crippen molar-refractivity contribution in [3.63, 3.8) is 0 Å². The molecule has 116 valence electrons. The maximum Gasteiger partial charge on any atom is 0.0366 e. The van der Waals surface area contributed by atoms with Crippen LogP contribution in [0.15, 0.2) is 36.4 Å². The number of hydrogen-bond acceptors (Lipinski definition) is 2.